The highest BCUT2D eigenvalue weighted by Crippen LogP contribution is 2.36. The predicted octanol–water partition coefficient (Wildman–Crippen LogP) is 4.82. The van der Waals surface area contributed by atoms with Crippen molar-refractivity contribution >= 4 is 34.7 Å². The lowest BCUT2D eigenvalue weighted by molar-refractivity contribution is -0.140. The maximum atomic E-state index is 13.7. The summed E-state index contributed by atoms with van der Waals surface area (Å²) in [5.74, 6) is -1.80. The third-order valence-electron chi connectivity index (χ3n) is 5.06. The lowest BCUT2D eigenvalue weighted by atomic mass is 10.1. The number of Topliss-reactive ketones (excluding diaryl/α,β-unsaturated/α-hetero) is 1. The van der Waals surface area contributed by atoms with Gasteiger partial charge in [-0.05, 0) is 32.0 Å². The molecule has 1 aromatic carbocycles. The molecule has 3 heterocycles. The van der Waals surface area contributed by atoms with Gasteiger partial charge < -0.3 is 15.5 Å². The normalized spacial score (nSPS) is 10.7. The molecule has 0 bridgehead atoms. The molecule has 0 unspecified atom stereocenters. The van der Waals surface area contributed by atoms with Crippen LogP contribution in [0.25, 0.3) is 10.9 Å². The number of anilines is 1. The SMILES string of the molecule is CC.CC(=O)c1coc(Cn2nc(C(F)(F)F)c(NC(=O)c3cc(C)nc4cc(F)ccc34)c2C)n1.NC=O. The van der Waals surface area contributed by atoms with Gasteiger partial charge in [0, 0.05) is 24.1 Å². The maximum absolute atomic E-state index is 13.7. The summed E-state index contributed by atoms with van der Waals surface area (Å²) >= 11 is 0. The minimum atomic E-state index is -4.88. The lowest BCUT2D eigenvalue weighted by Gasteiger charge is -2.11. The molecule has 39 heavy (non-hydrogen) atoms. The Balaban J connectivity index is 0.000000998. The Bertz CT molecular complexity index is 1490. The molecular weight excluding hydrogens is 524 g/mol. The summed E-state index contributed by atoms with van der Waals surface area (Å²) < 4.78 is 60.9. The molecule has 3 aromatic heterocycles. The van der Waals surface area contributed by atoms with Crippen LogP contribution in [0.3, 0.4) is 0 Å². The van der Waals surface area contributed by atoms with Crippen LogP contribution in [0, 0.1) is 19.7 Å². The molecule has 208 valence electrons. The zero-order valence-corrected chi connectivity index (χ0v) is 21.7. The van der Waals surface area contributed by atoms with Gasteiger partial charge in [0.05, 0.1) is 22.5 Å². The molecule has 0 radical (unpaired) electrons. The van der Waals surface area contributed by atoms with E-state index in [0.717, 1.165) is 23.1 Å². The zero-order valence-electron chi connectivity index (χ0n) is 21.7. The number of carbonyl (C=O) groups excluding carboxylic acids is 3. The quantitative estimate of drug-likeness (QED) is 0.206. The third-order valence-corrected chi connectivity index (χ3v) is 5.06. The Morgan fingerprint density at radius 3 is 2.36 bits per heavy atom. The number of rotatable bonds is 5. The van der Waals surface area contributed by atoms with Gasteiger partial charge >= 0.3 is 6.18 Å². The number of fused-ring (bicyclic) bond motifs is 1. The average Bonchev–Trinajstić information content (AvgIpc) is 3.45. The molecule has 4 rings (SSSR count). The van der Waals surface area contributed by atoms with Gasteiger partial charge in [-0.15, -0.1) is 0 Å². The van der Waals surface area contributed by atoms with Gasteiger partial charge in [0.2, 0.25) is 12.3 Å². The van der Waals surface area contributed by atoms with Crippen molar-refractivity contribution in [2.75, 3.05) is 5.32 Å². The Labute approximate surface area is 220 Å². The summed E-state index contributed by atoms with van der Waals surface area (Å²) in [5.41, 5.74) is 2.95. The number of aryl methyl sites for hydroxylation is 1. The van der Waals surface area contributed by atoms with Crippen LogP contribution in [0.2, 0.25) is 0 Å². The van der Waals surface area contributed by atoms with Gasteiger partial charge in [-0.1, -0.05) is 13.8 Å². The number of nitrogens with zero attached hydrogens (tertiary/aromatic N) is 4. The van der Waals surface area contributed by atoms with Gasteiger partial charge in [0.1, 0.15) is 24.3 Å². The van der Waals surface area contributed by atoms with Crippen LogP contribution in [0.1, 0.15) is 64.6 Å². The number of nitrogens with one attached hydrogen (secondary N) is 1. The largest absolute Gasteiger partial charge is 0.446 e. The lowest BCUT2D eigenvalue weighted by Crippen LogP contribution is -2.17. The molecule has 2 amide bonds. The number of ketones is 1. The van der Waals surface area contributed by atoms with Crippen LogP contribution < -0.4 is 11.1 Å². The van der Waals surface area contributed by atoms with Gasteiger partial charge in [0.25, 0.3) is 5.91 Å². The van der Waals surface area contributed by atoms with E-state index in [9.17, 15) is 27.2 Å². The fraction of sp³-hybridized carbons (Fsp3) is 0.280. The summed E-state index contributed by atoms with van der Waals surface area (Å²) in [6, 6.07) is 5.00. The molecule has 0 aliphatic rings. The number of nitrogens with two attached hydrogens (primary N) is 1. The molecule has 0 spiro atoms. The molecule has 0 fully saturated rings. The van der Waals surface area contributed by atoms with Crippen molar-refractivity contribution in [3.8, 4) is 0 Å². The number of aromatic nitrogens is 4. The molecule has 4 aromatic rings. The van der Waals surface area contributed by atoms with Crippen molar-refractivity contribution in [1.29, 1.82) is 0 Å². The van der Waals surface area contributed by atoms with E-state index in [2.05, 4.69) is 26.1 Å². The van der Waals surface area contributed by atoms with E-state index in [1.807, 2.05) is 13.8 Å². The number of benzene rings is 1. The number of carbonyl (C=O) groups is 3. The Hall–Kier alpha value is -4.62. The first-order valence-electron chi connectivity index (χ1n) is 11.5. The fourth-order valence-corrected chi connectivity index (χ4v) is 3.42. The first kappa shape index (κ1) is 30.6. The van der Waals surface area contributed by atoms with Crippen molar-refractivity contribution in [2.45, 2.75) is 47.3 Å². The number of halogens is 4. The van der Waals surface area contributed by atoms with E-state index in [0.29, 0.717) is 5.69 Å². The molecule has 0 aliphatic carbocycles. The van der Waals surface area contributed by atoms with Gasteiger partial charge in [-0.25, -0.2) is 9.37 Å². The molecule has 0 aliphatic heterocycles. The molecule has 0 saturated heterocycles. The van der Waals surface area contributed by atoms with E-state index < -0.39 is 29.3 Å². The highest BCUT2D eigenvalue weighted by Gasteiger charge is 2.39. The van der Waals surface area contributed by atoms with E-state index in [1.165, 1.54) is 26.0 Å². The van der Waals surface area contributed by atoms with E-state index >= 15 is 0 Å². The molecule has 3 N–H and O–H groups in total. The fourth-order valence-electron chi connectivity index (χ4n) is 3.42. The van der Waals surface area contributed by atoms with Crippen molar-refractivity contribution in [3.05, 3.63) is 70.6 Å². The first-order valence-corrected chi connectivity index (χ1v) is 11.5. The maximum Gasteiger partial charge on any atom is 0.437 e. The van der Waals surface area contributed by atoms with Crippen LogP contribution in [0.4, 0.5) is 23.2 Å². The number of hydrogen-bond donors (Lipinski definition) is 2. The average molecular weight is 551 g/mol. The summed E-state index contributed by atoms with van der Waals surface area (Å²) in [6.45, 7) is 7.90. The third kappa shape index (κ3) is 7.24. The Morgan fingerprint density at radius 1 is 1.15 bits per heavy atom. The van der Waals surface area contributed by atoms with Crippen molar-refractivity contribution in [3.63, 3.8) is 0 Å². The van der Waals surface area contributed by atoms with Crippen molar-refractivity contribution in [1.82, 2.24) is 19.7 Å². The van der Waals surface area contributed by atoms with E-state index in [1.54, 1.807) is 6.92 Å². The zero-order chi connectivity index (χ0) is 29.5. The predicted molar refractivity (Wildman–Crippen MR) is 134 cm³/mol. The first-order chi connectivity index (χ1) is 18.3. The number of amides is 2. The van der Waals surface area contributed by atoms with Gasteiger partial charge in [0.15, 0.2) is 11.5 Å². The molecular formula is C25H26F4N6O4. The van der Waals surface area contributed by atoms with Crippen molar-refractivity contribution in [2.24, 2.45) is 5.73 Å². The minimum absolute atomic E-state index is 0.00984. The summed E-state index contributed by atoms with van der Waals surface area (Å²) in [5, 5.41) is 6.17. The summed E-state index contributed by atoms with van der Waals surface area (Å²) in [6.07, 6.45) is -3.53. The number of pyridine rings is 1. The smallest absolute Gasteiger partial charge is 0.437 e. The second kappa shape index (κ2) is 12.8. The minimum Gasteiger partial charge on any atom is -0.446 e. The number of primary amides is 1. The topological polar surface area (TPSA) is 146 Å². The second-order valence-corrected chi connectivity index (χ2v) is 7.71. The van der Waals surface area contributed by atoms with E-state index in [-0.39, 0.29) is 52.5 Å². The number of alkyl halides is 3. The van der Waals surface area contributed by atoms with Crippen LogP contribution in [0.5, 0.6) is 0 Å². The van der Waals surface area contributed by atoms with Crippen LogP contribution in [-0.2, 0) is 17.5 Å². The van der Waals surface area contributed by atoms with Crippen LogP contribution >= 0.6 is 0 Å². The Morgan fingerprint density at radius 2 is 1.79 bits per heavy atom. The highest BCUT2D eigenvalue weighted by atomic mass is 19.4. The molecule has 14 heteroatoms. The van der Waals surface area contributed by atoms with Crippen LogP contribution in [0.15, 0.2) is 34.9 Å². The summed E-state index contributed by atoms with van der Waals surface area (Å²) in [7, 11) is 0. The van der Waals surface area contributed by atoms with Gasteiger partial charge in [-0.2, -0.15) is 18.3 Å². The Kier molecular flexibility index (Phi) is 10.0. The van der Waals surface area contributed by atoms with E-state index in [4.69, 9.17) is 9.21 Å². The summed E-state index contributed by atoms with van der Waals surface area (Å²) in [4.78, 5) is 41.1. The molecule has 0 atom stereocenters. The highest BCUT2D eigenvalue weighted by molar-refractivity contribution is 6.12. The van der Waals surface area contributed by atoms with Gasteiger partial charge in [-0.3, -0.25) is 24.0 Å². The number of oxazole rings is 1. The van der Waals surface area contributed by atoms with Crippen LogP contribution in [-0.4, -0.2) is 37.8 Å². The van der Waals surface area contributed by atoms with Crippen molar-refractivity contribution < 1.29 is 36.4 Å². The standard InChI is InChI=1S/C22H17F4N5O3.C2H6.CH3NO/c1-10-6-15(14-5-4-13(23)7-16(14)27-10)21(33)29-19-11(2)31(30-20(19)22(24,25)26)8-18-28-17(9-34-18)12(3)32;1-2;2-1-3/h4-7,9H,8H2,1-3H3,(H,29,33);1-2H3;1H,(H2,2,3). The molecule has 0 saturated carbocycles. The second-order valence-electron chi connectivity index (χ2n) is 7.71. The monoisotopic (exact) mass is 550 g/mol. The number of hydrogen-bond acceptors (Lipinski definition) is 7. The molecule has 10 nitrogen and oxygen atoms in total.